The number of rotatable bonds is 5. The fourth-order valence-electron chi connectivity index (χ4n) is 5.92. The van der Waals surface area contributed by atoms with Gasteiger partial charge in [-0.3, -0.25) is 10.2 Å². The van der Waals surface area contributed by atoms with Gasteiger partial charge in [0.25, 0.3) is 0 Å². The Morgan fingerprint density at radius 1 is 1.16 bits per heavy atom. The first-order valence-electron chi connectivity index (χ1n) is 11.0. The van der Waals surface area contributed by atoms with Crippen LogP contribution < -0.4 is 10.2 Å². The summed E-state index contributed by atoms with van der Waals surface area (Å²) in [5.74, 6) is -0.400. The summed E-state index contributed by atoms with van der Waals surface area (Å²) in [6, 6.07) is 16.7. The summed E-state index contributed by atoms with van der Waals surface area (Å²) in [4.78, 5) is 30.0. The zero-order valence-corrected chi connectivity index (χ0v) is 18.2. The smallest absolute Gasteiger partial charge is 0.330 e. The Labute approximate surface area is 188 Å². The molecule has 3 N–H and O–H groups in total. The Hall–Kier alpha value is -3.25. The van der Waals surface area contributed by atoms with Crippen molar-refractivity contribution in [3.63, 3.8) is 0 Å². The lowest BCUT2D eigenvalue weighted by Gasteiger charge is -2.33. The van der Waals surface area contributed by atoms with Crippen molar-refractivity contribution in [3.05, 3.63) is 84.5 Å². The Morgan fingerprint density at radius 3 is 2.47 bits per heavy atom. The standard InChI is InChI=1S/C26H28N4O2/c1-16(2)29-13-19-15-30(20-10-8-18(9-11-20)25(27)28)23(22(19)14-29)24(31)21(26(30)32)12-17-6-4-3-5-7-17/h3-11,14,19,21-23H,1,12-13,15H2,2H3,(H3,27,28)/q+1. The number of nitrogens with one attached hydrogen (secondary N) is 1. The summed E-state index contributed by atoms with van der Waals surface area (Å²) in [5, 5.41) is 7.69. The van der Waals surface area contributed by atoms with Crippen molar-refractivity contribution >= 4 is 23.2 Å². The van der Waals surface area contributed by atoms with Crippen LogP contribution in [0, 0.1) is 29.7 Å². The van der Waals surface area contributed by atoms with Crippen LogP contribution in [0.5, 0.6) is 0 Å². The van der Waals surface area contributed by atoms with Gasteiger partial charge in [0, 0.05) is 35.9 Å². The molecule has 1 radical (unpaired) electrons. The third-order valence-corrected chi connectivity index (χ3v) is 7.43. The van der Waals surface area contributed by atoms with Gasteiger partial charge in [-0.15, -0.1) is 0 Å². The number of likely N-dealkylation sites (tertiary alicyclic amines) is 1. The zero-order valence-electron chi connectivity index (χ0n) is 18.2. The number of hydrogen-bond donors (Lipinski definition) is 2. The van der Waals surface area contributed by atoms with Gasteiger partial charge in [-0.2, -0.15) is 0 Å². The monoisotopic (exact) mass is 428 g/mol. The molecule has 5 unspecified atom stereocenters. The molecule has 2 aromatic carbocycles. The van der Waals surface area contributed by atoms with Gasteiger partial charge in [0.05, 0.1) is 19.0 Å². The maximum absolute atomic E-state index is 14.0. The van der Waals surface area contributed by atoms with Crippen LogP contribution in [-0.4, -0.2) is 41.6 Å². The molecule has 163 valence electrons. The lowest BCUT2D eigenvalue weighted by atomic mass is 9.86. The summed E-state index contributed by atoms with van der Waals surface area (Å²) < 4.78 is 0.0738. The largest absolute Gasteiger partial charge is 0.384 e. The Morgan fingerprint density at radius 2 is 1.84 bits per heavy atom. The molecule has 1 amide bonds. The minimum Gasteiger partial charge on any atom is -0.384 e. The second kappa shape index (κ2) is 7.41. The van der Waals surface area contributed by atoms with Crippen molar-refractivity contribution in [2.24, 2.45) is 23.5 Å². The first kappa shape index (κ1) is 20.6. The number of nitrogens with zero attached hydrogens (tertiary/aromatic N) is 2. The number of allylic oxidation sites excluding steroid dienone is 1. The van der Waals surface area contributed by atoms with Gasteiger partial charge in [0.1, 0.15) is 17.4 Å². The average Bonchev–Trinajstić information content (AvgIpc) is 3.39. The Kier molecular flexibility index (Phi) is 4.78. The average molecular weight is 429 g/mol. The summed E-state index contributed by atoms with van der Waals surface area (Å²) in [6.45, 7) is 9.54. The number of amides is 1. The summed E-state index contributed by atoms with van der Waals surface area (Å²) in [5.41, 5.74) is 9.03. The molecule has 32 heavy (non-hydrogen) atoms. The normalized spacial score (nSPS) is 31.0. The van der Waals surface area contributed by atoms with E-state index in [1.54, 1.807) is 12.1 Å². The second-order valence-electron chi connectivity index (χ2n) is 9.31. The third kappa shape index (κ3) is 2.93. The number of benzene rings is 2. The van der Waals surface area contributed by atoms with Crippen LogP contribution in [0.15, 0.2) is 66.9 Å². The summed E-state index contributed by atoms with van der Waals surface area (Å²) in [7, 11) is 0. The number of fused-ring (bicyclic) bond motifs is 3. The van der Waals surface area contributed by atoms with Crippen LogP contribution in [0.2, 0.25) is 0 Å². The number of nitrogen functional groups attached to an aromatic ring is 1. The van der Waals surface area contributed by atoms with Crippen LogP contribution in [0.1, 0.15) is 18.1 Å². The molecule has 6 nitrogen and oxygen atoms in total. The minimum atomic E-state index is -0.650. The van der Waals surface area contributed by atoms with Gasteiger partial charge < -0.3 is 10.6 Å². The zero-order chi connectivity index (χ0) is 22.6. The van der Waals surface area contributed by atoms with Crippen LogP contribution in [0.25, 0.3) is 0 Å². The molecule has 6 heteroatoms. The van der Waals surface area contributed by atoms with Crippen molar-refractivity contribution < 1.29 is 9.59 Å². The number of Topliss-reactive ketones (excluding diaryl/α,β-unsaturated/α-hetero) is 1. The van der Waals surface area contributed by atoms with E-state index in [0.717, 1.165) is 23.5 Å². The summed E-state index contributed by atoms with van der Waals surface area (Å²) >= 11 is 0. The van der Waals surface area contributed by atoms with Gasteiger partial charge in [-0.25, -0.2) is 9.28 Å². The fraction of sp³-hybridized carbons (Fsp3) is 0.308. The molecule has 3 aliphatic heterocycles. The van der Waals surface area contributed by atoms with Gasteiger partial charge in [0.15, 0.2) is 6.04 Å². The van der Waals surface area contributed by atoms with Crippen LogP contribution >= 0.6 is 0 Å². The van der Waals surface area contributed by atoms with Crippen LogP contribution in [0.4, 0.5) is 5.69 Å². The molecule has 3 heterocycles. The number of nitrogens with two attached hydrogens (primary N) is 1. The highest BCUT2D eigenvalue weighted by atomic mass is 16.2. The molecule has 0 aromatic heterocycles. The fourth-order valence-corrected chi connectivity index (χ4v) is 5.92. The Bertz CT molecular complexity index is 1110. The van der Waals surface area contributed by atoms with E-state index in [0.29, 0.717) is 18.5 Å². The second-order valence-corrected chi connectivity index (χ2v) is 9.31. The molecule has 2 aromatic rings. The number of quaternary nitrogens is 1. The first-order chi connectivity index (χ1) is 15.3. The molecule has 5 rings (SSSR count). The van der Waals surface area contributed by atoms with E-state index in [2.05, 4.69) is 18.0 Å². The maximum atomic E-state index is 14.0. The van der Waals surface area contributed by atoms with Crippen molar-refractivity contribution in [1.82, 2.24) is 9.38 Å². The maximum Gasteiger partial charge on any atom is 0.330 e. The molecule has 0 saturated carbocycles. The first-order valence-corrected chi connectivity index (χ1v) is 11.0. The Balaban J connectivity index is 1.57. The number of amidine groups is 1. The highest BCUT2D eigenvalue weighted by Gasteiger charge is 2.71. The molecule has 3 saturated heterocycles. The van der Waals surface area contributed by atoms with Crippen molar-refractivity contribution in [2.75, 3.05) is 13.1 Å². The molecule has 0 bridgehead atoms. The van der Waals surface area contributed by atoms with E-state index < -0.39 is 12.0 Å². The van der Waals surface area contributed by atoms with E-state index in [1.165, 1.54) is 0 Å². The molecular formula is C26H28N4O2+. The number of ketones is 1. The van der Waals surface area contributed by atoms with Gasteiger partial charge in [0.2, 0.25) is 5.78 Å². The highest BCUT2D eigenvalue weighted by molar-refractivity contribution is 6.17. The lowest BCUT2D eigenvalue weighted by Crippen LogP contribution is -2.56. The molecule has 0 aliphatic carbocycles. The number of hydrogen-bond acceptors (Lipinski definition) is 4. The van der Waals surface area contributed by atoms with Crippen molar-refractivity contribution in [2.45, 2.75) is 19.4 Å². The predicted molar refractivity (Wildman–Crippen MR) is 124 cm³/mol. The molecule has 0 spiro atoms. The van der Waals surface area contributed by atoms with Crippen molar-refractivity contribution in [1.29, 1.82) is 5.41 Å². The van der Waals surface area contributed by atoms with E-state index in [-0.39, 0.29) is 33.8 Å². The van der Waals surface area contributed by atoms with E-state index in [9.17, 15) is 9.59 Å². The third-order valence-electron chi connectivity index (χ3n) is 7.43. The molecule has 3 aliphatic rings. The topological polar surface area (TPSA) is 87.2 Å². The van der Waals surface area contributed by atoms with E-state index in [4.69, 9.17) is 11.1 Å². The van der Waals surface area contributed by atoms with E-state index in [1.807, 2.05) is 49.4 Å². The predicted octanol–water partition coefficient (Wildman–Crippen LogP) is 2.87. The number of carbonyl (C=O) groups is 2. The lowest BCUT2D eigenvalue weighted by molar-refractivity contribution is -0.131. The number of carbonyl (C=O) groups excluding carboxylic acids is 2. The quantitative estimate of drug-likeness (QED) is 0.332. The molecular weight excluding hydrogens is 400 g/mol. The van der Waals surface area contributed by atoms with Gasteiger partial charge >= 0.3 is 5.91 Å². The molecule has 5 atom stereocenters. The molecule has 3 fully saturated rings. The van der Waals surface area contributed by atoms with Gasteiger partial charge in [-0.1, -0.05) is 36.9 Å². The van der Waals surface area contributed by atoms with Gasteiger partial charge in [-0.05, 0) is 31.0 Å². The van der Waals surface area contributed by atoms with Crippen LogP contribution in [-0.2, 0) is 16.0 Å². The summed E-state index contributed by atoms with van der Waals surface area (Å²) in [6.07, 6.45) is 0.433. The van der Waals surface area contributed by atoms with Crippen LogP contribution in [0.3, 0.4) is 0 Å². The minimum absolute atomic E-state index is 0.0101. The van der Waals surface area contributed by atoms with Crippen molar-refractivity contribution in [3.8, 4) is 0 Å². The SMILES string of the molecule is C=C(C)N1[CH]C2C(C1)C[N+]1(c3ccc(C(=N)N)cc3)C(=O)C(Cc3ccccc3)C(=O)C21. The highest BCUT2D eigenvalue weighted by Crippen LogP contribution is 2.52. The van der Waals surface area contributed by atoms with E-state index >= 15 is 0 Å².